The van der Waals surface area contributed by atoms with E-state index in [2.05, 4.69) is 26.2 Å². The Morgan fingerprint density at radius 3 is 2.57 bits per heavy atom. The number of hydrogen-bond acceptors (Lipinski definition) is 3. The Kier molecular flexibility index (Phi) is 6.10. The molecule has 0 unspecified atom stereocenters. The van der Waals surface area contributed by atoms with Crippen molar-refractivity contribution in [2.75, 3.05) is 5.32 Å². The van der Waals surface area contributed by atoms with Crippen LogP contribution < -0.4 is 5.32 Å². The highest BCUT2D eigenvalue weighted by molar-refractivity contribution is 9.10. The second-order valence-corrected chi connectivity index (χ2v) is 7.21. The van der Waals surface area contributed by atoms with Gasteiger partial charge in [-0.15, -0.1) is 0 Å². The van der Waals surface area contributed by atoms with Crippen LogP contribution in [0, 0.1) is 0 Å². The largest absolute Gasteiger partial charge is 0.441 e. The zero-order valence-corrected chi connectivity index (χ0v) is 16.5. The Morgan fingerprint density at radius 2 is 1.89 bits per heavy atom. The van der Waals surface area contributed by atoms with Crippen molar-refractivity contribution in [3.63, 3.8) is 0 Å². The summed E-state index contributed by atoms with van der Waals surface area (Å²) < 4.78 is 45.8. The van der Waals surface area contributed by atoms with Crippen molar-refractivity contribution in [1.29, 1.82) is 0 Å². The number of oxazole rings is 1. The van der Waals surface area contributed by atoms with E-state index < -0.39 is 17.6 Å². The SMILES string of the molecule is O=C(CCc1ncc(-c2ccc(Br)cc2)o1)Nc1ccc(Cl)cc1C(F)(F)F. The van der Waals surface area contributed by atoms with Crippen LogP contribution in [0.4, 0.5) is 18.9 Å². The van der Waals surface area contributed by atoms with E-state index in [0.29, 0.717) is 11.7 Å². The molecule has 0 aliphatic rings. The summed E-state index contributed by atoms with van der Waals surface area (Å²) in [5, 5.41) is 2.20. The maximum Gasteiger partial charge on any atom is 0.418 e. The van der Waals surface area contributed by atoms with Crippen molar-refractivity contribution in [3.8, 4) is 11.3 Å². The molecular formula is C19H13BrClF3N2O2. The third-order valence-electron chi connectivity index (χ3n) is 3.81. The van der Waals surface area contributed by atoms with Gasteiger partial charge in [0, 0.05) is 27.9 Å². The van der Waals surface area contributed by atoms with Crippen molar-refractivity contribution in [2.24, 2.45) is 0 Å². The van der Waals surface area contributed by atoms with E-state index in [0.717, 1.165) is 22.2 Å². The number of aryl methyl sites for hydroxylation is 1. The molecule has 0 fully saturated rings. The van der Waals surface area contributed by atoms with Crippen LogP contribution in [0.2, 0.25) is 5.02 Å². The molecule has 28 heavy (non-hydrogen) atoms. The summed E-state index contributed by atoms with van der Waals surface area (Å²) in [5.74, 6) is 0.274. The number of carbonyl (C=O) groups excluding carboxylic acids is 1. The molecule has 0 atom stereocenters. The number of benzene rings is 2. The van der Waals surface area contributed by atoms with E-state index in [1.165, 1.54) is 12.3 Å². The van der Waals surface area contributed by atoms with Gasteiger partial charge < -0.3 is 9.73 Å². The Labute approximate surface area is 171 Å². The van der Waals surface area contributed by atoms with Gasteiger partial charge in [0.05, 0.1) is 17.4 Å². The van der Waals surface area contributed by atoms with Crippen LogP contribution in [-0.4, -0.2) is 10.9 Å². The molecule has 0 saturated carbocycles. The number of anilines is 1. The van der Waals surface area contributed by atoms with E-state index >= 15 is 0 Å². The first-order chi connectivity index (χ1) is 13.2. The summed E-state index contributed by atoms with van der Waals surface area (Å²) >= 11 is 8.97. The van der Waals surface area contributed by atoms with Gasteiger partial charge in [0.2, 0.25) is 5.91 Å². The molecule has 3 aromatic rings. The summed E-state index contributed by atoms with van der Waals surface area (Å²) in [5.41, 5.74) is -0.519. The lowest BCUT2D eigenvalue weighted by molar-refractivity contribution is -0.137. The highest BCUT2D eigenvalue weighted by Crippen LogP contribution is 2.36. The average Bonchev–Trinajstić information content (AvgIpc) is 3.10. The quantitative estimate of drug-likeness (QED) is 0.470. The molecule has 146 valence electrons. The van der Waals surface area contributed by atoms with E-state index in [1.54, 1.807) is 0 Å². The van der Waals surface area contributed by atoms with Crippen molar-refractivity contribution >= 4 is 39.1 Å². The summed E-state index contributed by atoms with van der Waals surface area (Å²) in [6.07, 6.45) is -3.02. The molecule has 0 saturated heterocycles. The number of alkyl halides is 3. The van der Waals surface area contributed by atoms with E-state index in [-0.39, 0.29) is 23.6 Å². The standard InChI is InChI=1S/C19H13BrClF3N2O2/c20-12-3-1-11(2-4-12)16-10-25-18(28-16)8-7-17(27)26-15-6-5-13(21)9-14(15)19(22,23)24/h1-6,9-10H,7-8H2,(H,26,27). The number of rotatable bonds is 5. The van der Waals surface area contributed by atoms with Gasteiger partial charge in [-0.25, -0.2) is 4.98 Å². The molecule has 0 spiro atoms. The Hall–Kier alpha value is -2.32. The minimum absolute atomic E-state index is 0.0643. The topological polar surface area (TPSA) is 55.1 Å². The Bertz CT molecular complexity index is 988. The lowest BCUT2D eigenvalue weighted by atomic mass is 10.1. The monoisotopic (exact) mass is 472 g/mol. The number of carbonyl (C=O) groups is 1. The van der Waals surface area contributed by atoms with Gasteiger partial charge in [-0.1, -0.05) is 39.7 Å². The molecule has 3 rings (SSSR count). The zero-order valence-electron chi connectivity index (χ0n) is 14.2. The fraction of sp³-hybridized carbons (Fsp3) is 0.158. The smallest absolute Gasteiger partial charge is 0.418 e. The Balaban J connectivity index is 1.63. The molecule has 2 aromatic carbocycles. The fourth-order valence-electron chi connectivity index (χ4n) is 2.47. The molecular weight excluding hydrogens is 461 g/mol. The molecule has 1 amide bonds. The van der Waals surface area contributed by atoms with E-state index in [4.69, 9.17) is 16.0 Å². The van der Waals surface area contributed by atoms with Crippen molar-refractivity contribution in [1.82, 2.24) is 4.98 Å². The minimum Gasteiger partial charge on any atom is -0.441 e. The second-order valence-electron chi connectivity index (χ2n) is 5.86. The van der Waals surface area contributed by atoms with E-state index in [1.807, 2.05) is 24.3 Å². The fourth-order valence-corrected chi connectivity index (χ4v) is 2.90. The number of nitrogens with zero attached hydrogens (tertiary/aromatic N) is 1. The van der Waals surface area contributed by atoms with Gasteiger partial charge in [0.15, 0.2) is 11.7 Å². The van der Waals surface area contributed by atoms with Crippen LogP contribution in [0.5, 0.6) is 0 Å². The highest BCUT2D eigenvalue weighted by atomic mass is 79.9. The third kappa shape index (κ3) is 5.14. The van der Waals surface area contributed by atoms with Crippen LogP contribution in [-0.2, 0) is 17.4 Å². The zero-order chi connectivity index (χ0) is 20.3. The molecule has 1 aromatic heterocycles. The molecule has 0 bridgehead atoms. The number of nitrogens with one attached hydrogen (secondary N) is 1. The van der Waals surface area contributed by atoms with Crippen molar-refractivity contribution in [2.45, 2.75) is 19.0 Å². The van der Waals surface area contributed by atoms with Gasteiger partial charge in [-0.2, -0.15) is 13.2 Å². The average molecular weight is 474 g/mol. The molecule has 4 nitrogen and oxygen atoms in total. The predicted molar refractivity (Wildman–Crippen MR) is 103 cm³/mol. The maximum atomic E-state index is 13.1. The number of halogens is 5. The van der Waals surface area contributed by atoms with Gasteiger partial charge >= 0.3 is 6.18 Å². The summed E-state index contributed by atoms with van der Waals surface area (Å²) in [7, 11) is 0. The second kappa shape index (κ2) is 8.36. The van der Waals surface area contributed by atoms with E-state index in [9.17, 15) is 18.0 Å². The van der Waals surface area contributed by atoms with Crippen LogP contribution in [0.25, 0.3) is 11.3 Å². The maximum absolute atomic E-state index is 13.1. The lowest BCUT2D eigenvalue weighted by Gasteiger charge is -2.14. The molecule has 0 aliphatic heterocycles. The Morgan fingerprint density at radius 1 is 1.18 bits per heavy atom. The highest BCUT2D eigenvalue weighted by Gasteiger charge is 2.34. The molecule has 9 heteroatoms. The lowest BCUT2D eigenvalue weighted by Crippen LogP contribution is -2.17. The van der Waals surface area contributed by atoms with Crippen LogP contribution in [0.3, 0.4) is 0 Å². The normalized spacial score (nSPS) is 11.5. The first-order valence-electron chi connectivity index (χ1n) is 8.09. The molecule has 0 aliphatic carbocycles. The van der Waals surface area contributed by atoms with Gasteiger partial charge in [0.1, 0.15) is 0 Å². The first-order valence-corrected chi connectivity index (χ1v) is 9.27. The summed E-state index contributed by atoms with van der Waals surface area (Å²) in [4.78, 5) is 16.2. The molecule has 0 radical (unpaired) electrons. The summed E-state index contributed by atoms with van der Waals surface area (Å²) in [6.45, 7) is 0. The predicted octanol–water partition coefficient (Wildman–Crippen LogP) is 6.35. The molecule has 1 N–H and O–H groups in total. The van der Waals surface area contributed by atoms with Crippen LogP contribution in [0.1, 0.15) is 17.9 Å². The third-order valence-corrected chi connectivity index (χ3v) is 4.57. The van der Waals surface area contributed by atoms with Gasteiger partial charge in [-0.3, -0.25) is 4.79 Å². The first kappa shape index (κ1) is 20.4. The van der Waals surface area contributed by atoms with Crippen molar-refractivity contribution in [3.05, 3.63) is 69.6 Å². The van der Waals surface area contributed by atoms with Crippen molar-refractivity contribution < 1.29 is 22.4 Å². The number of hydrogen-bond donors (Lipinski definition) is 1. The molecule has 1 heterocycles. The number of amides is 1. The summed E-state index contributed by atoms with van der Waals surface area (Å²) in [6, 6.07) is 10.6. The van der Waals surface area contributed by atoms with Gasteiger partial charge in [0.25, 0.3) is 0 Å². The van der Waals surface area contributed by atoms with Crippen LogP contribution >= 0.6 is 27.5 Å². The number of aromatic nitrogens is 1. The minimum atomic E-state index is -4.63. The van der Waals surface area contributed by atoms with Crippen LogP contribution in [0.15, 0.2) is 57.6 Å². The van der Waals surface area contributed by atoms with Gasteiger partial charge in [-0.05, 0) is 30.3 Å².